The number of carbonyl (C=O) groups is 1. The number of aliphatic carboxylic acids is 1. The lowest BCUT2D eigenvalue weighted by Gasteiger charge is -2.40. The van der Waals surface area contributed by atoms with Crippen molar-refractivity contribution in [2.24, 2.45) is 0 Å². The van der Waals surface area contributed by atoms with E-state index < -0.39 is 12.0 Å². The van der Waals surface area contributed by atoms with Gasteiger partial charge in [-0.2, -0.15) is 0 Å². The Morgan fingerprint density at radius 3 is 2.50 bits per heavy atom. The van der Waals surface area contributed by atoms with Crippen molar-refractivity contribution >= 4 is 29.2 Å². The molecule has 1 aliphatic rings. The molecule has 0 amide bonds. The molecule has 0 saturated carbocycles. The number of benzene rings is 2. The first-order chi connectivity index (χ1) is 12.4. The molecule has 0 spiro atoms. The molecule has 3 rings (SSSR count). The number of halogens is 2. The Bertz CT molecular complexity index is 770. The largest absolute Gasteiger partial charge is 0.480 e. The van der Waals surface area contributed by atoms with Crippen LogP contribution in [0.1, 0.15) is 47.6 Å². The van der Waals surface area contributed by atoms with Crippen LogP contribution in [0.15, 0.2) is 36.4 Å². The van der Waals surface area contributed by atoms with Crippen LogP contribution in [0, 0.1) is 13.8 Å². The summed E-state index contributed by atoms with van der Waals surface area (Å²) in [6, 6.07) is 11.0. The minimum Gasteiger partial charge on any atom is -0.480 e. The van der Waals surface area contributed by atoms with E-state index in [0.717, 1.165) is 36.1 Å². The van der Waals surface area contributed by atoms with Gasteiger partial charge in [-0.25, -0.2) is 0 Å². The number of hydrogen-bond acceptors (Lipinski definition) is 2. The van der Waals surface area contributed by atoms with Gasteiger partial charge in [-0.05, 0) is 62.1 Å². The maximum atomic E-state index is 11.9. The molecule has 138 valence electrons. The zero-order chi connectivity index (χ0) is 18.8. The summed E-state index contributed by atoms with van der Waals surface area (Å²) in [7, 11) is 0. The van der Waals surface area contributed by atoms with Crippen molar-refractivity contribution in [1.29, 1.82) is 0 Å². The van der Waals surface area contributed by atoms with E-state index in [1.807, 2.05) is 12.1 Å². The molecule has 3 nitrogen and oxygen atoms in total. The quantitative estimate of drug-likeness (QED) is 0.732. The summed E-state index contributed by atoms with van der Waals surface area (Å²) in [6.07, 6.45) is 2.57. The van der Waals surface area contributed by atoms with Gasteiger partial charge in [0.15, 0.2) is 0 Å². The zero-order valence-corrected chi connectivity index (χ0v) is 16.5. The molecule has 2 unspecified atom stereocenters. The van der Waals surface area contributed by atoms with E-state index in [1.54, 1.807) is 6.07 Å². The summed E-state index contributed by atoms with van der Waals surface area (Å²) in [5, 5.41) is 10.9. The zero-order valence-electron chi connectivity index (χ0n) is 15.0. The van der Waals surface area contributed by atoms with Crippen LogP contribution in [0.3, 0.4) is 0 Å². The van der Waals surface area contributed by atoms with Crippen LogP contribution >= 0.6 is 23.2 Å². The fourth-order valence-electron chi connectivity index (χ4n) is 3.91. The van der Waals surface area contributed by atoms with Gasteiger partial charge in [-0.1, -0.05) is 59.5 Å². The SMILES string of the molecule is Cc1ccc(C(c2ccc(Cl)cc2Cl)N2CCCCC2C(=O)O)c(C)c1. The number of hydrogen-bond donors (Lipinski definition) is 1. The third kappa shape index (κ3) is 3.90. The van der Waals surface area contributed by atoms with Crippen LogP contribution in [0.2, 0.25) is 10.0 Å². The third-order valence-electron chi connectivity index (χ3n) is 5.14. The smallest absolute Gasteiger partial charge is 0.320 e. The Morgan fingerprint density at radius 1 is 1.12 bits per heavy atom. The highest BCUT2D eigenvalue weighted by molar-refractivity contribution is 6.35. The molecular weight excluding hydrogens is 369 g/mol. The van der Waals surface area contributed by atoms with E-state index >= 15 is 0 Å². The molecule has 2 aromatic rings. The van der Waals surface area contributed by atoms with Gasteiger partial charge < -0.3 is 5.11 Å². The van der Waals surface area contributed by atoms with Gasteiger partial charge in [0.25, 0.3) is 0 Å². The Balaban J connectivity index is 2.16. The lowest BCUT2D eigenvalue weighted by molar-refractivity contribution is -0.145. The molecule has 1 fully saturated rings. The maximum absolute atomic E-state index is 11.9. The minimum atomic E-state index is -0.774. The predicted octanol–water partition coefficient (Wildman–Crippen LogP) is 5.64. The first-order valence-corrected chi connectivity index (χ1v) is 9.64. The normalized spacial score (nSPS) is 19.3. The van der Waals surface area contributed by atoms with Crippen molar-refractivity contribution < 1.29 is 9.90 Å². The van der Waals surface area contributed by atoms with E-state index in [9.17, 15) is 9.90 Å². The molecule has 1 N–H and O–H groups in total. The van der Waals surface area contributed by atoms with E-state index in [-0.39, 0.29) is 6.04 Å². The average Bonchev–Trinajstić information content (AvgIpc) is 2.59. The molecule has 26 heavy (non-hydrogen) atoms. The number of likely N-dealkylation sites (tertiary alicyclic amines) is 1. The Morgan fingerprint density at radius 2 is 1.85 bits per heavy atom. The Kier molecular flexibility index (Phi) is 5.91. The van der Waals surface area contributed by atoms with Gasteiger partial charge in [0, 0.05) is 10.0 Å². The molecule has 0 bridgehead atoms. The van der Waals surface area contributed by atoms with Gasteiger partial charge in [0.2, 0.25) is 0 Å². The monoisotopic (exact) mass is 391 g/mol. The molecule has 5 heteroatoms. The molecule has 0 aliphatic carbocycles. The highest BCUT2D eigenvalue weighted by Crippen LogP contribution is 2.39. The van der Waals surface area contributed by atoms with Crippen molar-refractivity contribution in [1.82, 2.24) is 4.90 Å². The summed E-state index contributed by atoms with van der Waals surface area (Å²) < 4.78 is 0. The maximum Gasteiger partial charge on any atom is 0.320 e. The molecular formula is C21H23Cl2NO2. The van der Waals surface area contributed by atoms with Crippen LogP contribution in [-0.2, 0) is 4.79 Å². The van der Waals surface area contributed by atoms with Crippen LogP contribution in [0.25, 0.3) is 0 Å². The van der Waals surface area contributed by atoms with Crippen molar-refractivity contribution in [3.63, 3.8) is 0 Å². The van der Waals surface area contributed by atoms with Crippen LogP contribution in [0.4, 0.5) is 0 Å². The molecule has 1 heterocycles. The van der Waals surface area contributed by atoms with Gasteiger partial charge >= 0.3 is 5.97 Å². The van der Waals surface area contributed by atoms with Crippen LogP contribution in [-0.4, -0.2) is 28.6 Å². The molecule has 1 saturated heterocycles. The van der Waals surface area contributed by atoms with Crippen molar-refractivity contribution in [3.05, 3.63) is 68.7 Å². The average molecular weight is 392 g/mol. The minimum absolute atomic E-state index is 0.207. The summed E-state index contributed by atoms with van der Waals surface area (Å²) in [4.78, 5) is 14.0. The Labute approximate surface area is 164 Å². The topological polar surface area (TPSA) is 40.5 Å². The Hall–Kier alpha value is -1.55. The fraction of sp³-hybridized carbons (Fsp3) is 0.381. The van der Waals surface area contributed by atoms with Gasteiger partial charge in [0.05, 0.1) is 6.04 Å². The van der Waals surface area contributed by atoms with E-state index in [1.165, 1.54) is 5.56 Å². The predicted molar refractivity (Wildman–Crippen MR) is 106 cm³/mol. The number of aryl methyl sites for hydroxylation is 2. The first-order valence-electron chi connectivity index (χ1n) is 8.89. The second-order valence-corrected chi connectivity index (χ2v) is 7.86. The molecule has 1 aliphatic heterocycles. The number of piperidine rings is 1. The van der Waals surface area contributed by atoms with E-state index in [4.69, 9.17) is 23.2 Å². The summed E-state index contributed by atoms with van der Waals surface area (Å²) in [6.45, 7) is 4.86. The second kappa shape index (κ2) is 7.99. The molecule has 2 aromatic carbocycles. The first kappa shape index (κ1) is 19.2. The lowest BCUT2D eigenvalue weighted by Crippen LogP contribution is -2.47. The van der Waals surface area contributed by atoms with Crippen molar-refractivity contribution in [2.75, 3.05) is 6.54 Å². The number of rotatable bonds is 4. The van der Waals surface area contributed by atoms with E-state index in [0.29, 0.717) is 16.5 Å². The van der Waals surface area contributed by atoms with Gasteiger partial charge in [-0.3, -0.25) is 9.69 Å². The molecule has 0 aromatic heterocycles. The summed E-state index contributed by atoms with van der Waals surface area (Å²) in [5.74, 6) is -0.774. The lowest BCUT2D eigenvalue weighted by atomic mass is 9.89. The van der Waals surface area contributed by atoms with Crippen molar-refractivity contribution in [3.8, 4) is 0 Å². The highest BCUT2D eigenvalue weighted by atomic mass is 35.5. The second-order valence-electron chi connectivity index (χ2n) is 7.02. The van der Waals surface area contributed by atoms with Gasteiger partial charge in [-0.15, -0.1) is 0 Å². The standard InChI is InChI=1S/C21H23Cl2NO2/c1-13-6-8-16(14(2)11-13)20(17-9-7-15(22)12-18(17)23)24-10-4-3-5-19(24)21(25)26/h6-9,11-12,19-20H,3-5,10H2,1-2H3,(H,25,26). The van der Waals surface area contributed by atoms with Gasteiger partial charge in [0.1, 0.15) is 6.04 Å². The van der Waals surface area contributed by atoms with E-state index in [2.05, 4.69) is 36.9 Å². The summed E-state index contributed by atoms with van der Waals surface area (Å²) in [5.41, 5.74) is 4.31. The number of carboxylic acids is 1. The highest BCUT2D eigenvalue weighted by Gasteiger charge is 2.36. The number of nitrogens with zero attached hydrogens (tertiary/aromatic N) is 1. The van der Waals surface area contributed by atoms with Crippen LogP contribution in [0.5, 0.6) is 0 Å². The fourth-order valence-corrected chi connectivity index (χ4v) is 4.42. The van der Waals surface area contributed by atoms with Crippen molar-refractivity contribution in [2.45, 2.75) is 45.2 Å². The molecule has 2 atom stereocenters. The van der Waals surface area contributed by atoms with Crippen LogP contribution < -0.4 is 0 Å². The third-order valence-corrected chi connectivity index (χ3v) is 5.70. The summed E-state index contributed by atoms with van der Waals surface area (Å²) >= 11 is 12.6. The number of carboxylic acid groups (broad SMARTS) is 1. The molecule has 0 radical (unpaired) electrons.